The normalized spacial score (nSPS) is 15.3. The van der Waals surface area contributed by atoms with E-state index in [2.05, 4.69) is 18.7 Å². The van der Waals surface area contributed by atoms with E-state index in [1.807, 2.05) is 26.1 Å². The average Bonchev–Trinajstić information content (AvgIpc) is 2.29. The Morgan fingerprint density at radius 1 is 1.24 bits per heavy atom. The fraction of sp³-hybridized carbons (Fsp3) is 0.571. The Morgan fingerprint density at radius 2 is 1.82 bits per heavy atom. The fourth-order valence-corrected chi connectivity index (χ4v) is 2.23. The van der Waals surface area contributed by atoms with Gasteiger partial charge in [-0.3, -0.25) is 4.90 Å². The molecule has 0 heterocycles. The number of rotatable bonds is 5. The van der Waals surface area contributed by atoms with Crippen molar-refractivity contribution in [3.63, 3.8) is 0 Å². The third kappa shape index (κ3) is 3.27. The highest BCUT2D eigenvalue weighted by Crippen LogP contribution is 2.25. The number of halogens is 1. The second kappa shape index (κ2) is 6.12. The average molecular weight is 238 g/mol. The van der Waals surface area contributed by atoms with Gasteiger partial charge in [-0.1, -0.05) is 32.0 Å². The maximum Gasteiger partial charge on any atom is 0.127 e. The summed E-state index contributed by atoms with van der Waals surface area (Å²) in [4.78, 5) is 2.16. The van der Waals surface area contributed by atoms with Crippen molar-refractivity contribution in [1.82, 2.24) is 4.90 Å². The Kier molecular flexibility index (Phi) is 5.09. The van der Waals surface area contributed by atoms with Gasteiger partial charge in [-0.05, 0) is 26.0 Å². The molecule has 2 nitrogen and oxygen atoms in total. The van der Waals surface area contributed by atoms with Crippen molar-refractivity contribution in [2.75, 3.05) is 13.6 Å². The molecule has 0 amide bonds. The summed E-state index contributed by atoms with van der Waals surface area (Å²) >= 11 is 0. The summed E-state index contributed by atoms with van der Waals surface area (Å²) in [5.41, 5.74) is 6.52. The lowest BCUT2D eigenvalue weighted by atomic mass is 9.99. The van der Waals surface area contributed by atoms with Crippen LogP contribution in [0.3, 0.4) is 0 Å². The first-order valence-corrected chi connectivity index (χ1v) is 6.15. The van der Waals surface area contributed by atoms with Crippen LogP contribution in [-0.2, 0) is 0 Å². The van der Waals surface area contributed by atoms with E-state index in [4.69, 9.17) is 5.73 Å². The SMILES string of the molecule is CC(C)C(CN)N(C)C(C)c1ccccc1F. The first-order chi connectivity index (χ1) is 7.99. The minimum Gasteiger partial charge on any atom is -0.329 e. The molecule has 3 heteroatoms. The molecule has 0 aliphatic carbocycles. The third-order valence-electron chi connectivity index (χ3n) is 3.50. The summed E-state index contributed by atoms with van der Waals surface area (Å²) in [5, 5.41) is 0. The van der Waals surface area contributed by atoms with Crippen LogP contribution in [0.25, 0.3) is 0 Å². The molecule has 1 rings (SSSR count). The molecule has 0 radical (unpaired) electrons. The van der Waals surface area contributed by atoms with E-state index in [-0.39, 0.29) is 17.9 Å². The monoisotopic (exact) mass is 238 g/mol. The van der Waals surface area contributed by atoms with E-state index in [1.54, 1.807) is 6.07 Å². The van der Waals surface area contributed by atoms with E-state index in [0.717, 1.165) is 5.56 Å². The van der Waals surface area contributed by atoms with Crippen molar-refractivity contribution < 1.29 is 4.39 Å². The number of hydrogen-bond donors (Lipinski definition) is 1. The van der Waals surface area contributed by atoms with Gasteiger partial charge in [0.05, 0.1) is 0 Å². The molecular formula is C14H23FN2. The second-order valence-electron chi connectivity index (χ2n) is 4.91. The molecule has 0 aliphatic rings. The predicted molar refractivity (Wildman–Crippen MR) is 70.3 cm³/mol. The minimum atomic E-state index is -0.147. The largest absolute Gasteiger partial charge is 0.329 e. The van der Waals surface area contributed by atoms with Gasteiger partial charge in [-0.2, -0.15) is 0 Å². The zero-order valence-electron chi connectivity index (χ0n) is 11.2. The Morgan fingerprint density at radius 3 is 2.29 bits per heavy atom. The summed E-state index contributed by atoms with van der Waals surface area (Å²) in [6, 6.07) is 7.23. The molecule has 0 saturated carbocycles. The Bertz CT molecular complexity index is 352. The summed E-state index contributed by atoms with van der Waals surface area (Å²) in [6.07, 6.45) is 0. The zero-order valence-corrected chi connectivity index (χ0v) is 11.2. The molecule has 0 bridgehead atoms. The number of nitrogens with two attached hydrogens (primary N) is 1. The van der Waals surface area contributed by atoms with Crippen molar-refractivity contribution in [2.24, 2.45) is 11.7 Å². The van der Waals surface area contributed by atoms with Gasteiger partial charge in [-0.15, -0.1) is 0 Å². The van der Waals surface area contributed by atoms with Gasteiger partial charge in [0, 0.05) is 24.2 Å². The van der Waals surface area contributed by atoms with Crippen LogP contribution in [0.2, 0.25) is 0 Å². The molecule has 2 atom stereocenters. The lowest BCUT2D eigenvalue weighted by Gasteiger charge is -2.35. The number of benzene rings is 1. The number of likely N-dealkylation sites (N-methyl/N-ethyl adjacent to an activating group) is 1. The summed E-state index contributed by atoms with van der Waals surface area (Å²) in [6.45, 7) is 6.89. The highest BCUT2D eigenvalue weighted by atomic mass is 19.1. The smallest absolute Gasteiger partial charge is 0.127 e. The van der Waals surface area contributed by atoms with Crippen LogP contribution < -0.4 is 5.73 Å². The molecule has 0 fully saturated rings. The molecule has 0 spiro atoms. The van der Waals surface area contributed by atoms with Gasteiger partial charge in [0.15, 0.2) is 0 Å². The van der Waals surface area contributed by atoms with E-state index < -0.39 is 0 Å². The zero-order chi connectivity index (χ0) is 13.0. The van der Waals surface area contributed by atoms with Gasteiger partial charge in [0.1, 0.15) is 5.82 Å². The summed E-state index contributed by atoms with van der Waals surface area (Å²) < 4.78 is 13.7. The van der Waals surface area contributed by atoms with E-state index in [1.165, 1.54) is 6.07 Å². The predicted octanol–water partition coefficient (Wildman–Crippen LogP) is 2.80. The molecule has 96 valence electrons. The van der Waals surface area contributed by atoms with Crippen LogP contribution in [0.15, 0.2) is 24.3 Å². The van der Waals surface area contributed by atoms with Gasteiger partial charge in [0.25, 0.3) is 0 Å². The first kappa shape index (κ1) is 14.1. The quantitative estimate of drug-likeness (QED) is 0.854. The van der Waals surface area contributed by atoms with Crippen molar-refractivity contribution in [3.8, 4) is 0 Å². The first-order valence-electron chi connectivity index (χ1n) is 6.15. The van der Waals surface area contributed by atoms with Crippen LogP contribution in [0, 0.1) is 11.7 Å². The van der Waals surface area contributed by atoms with Gasteiger partial charge in [0.2, 0.25) is 0 Å². The maximum absolute atomic E-state index is 13.7. The van der Waals surface area contributed by atoms with Crippen LogP contribution >= 0.6 is 0 Å². The van der Waals surface area contributed by atoms with E-state index in [9.17, 15) is 4.39 Å². The van der Waals surface area contributed by atoms with E-state index >= 15 is 0 Å². The topological polar surface area (TPSA) is 29.3 Å². The molecule has 1 aromatic carbocycles. The van der Waals surface area contributed by atoms with Crippen molar-refractivity contribution in [3.05, 3.63) is 35.6 Å². The molecular weight excluding hydrogens is 215 g/mol. The lowest BCUT2D eigenvalue weighted by molar-refractivity contribution is 0.147. The molecule has 17 heavy (non-hydrogen) atoms. The number of hydrogen-bond acceptors (Lipinski definition) is 2. The second-order valence-corrected chi connectivity index (χ2v) is 4.91. The highest BCUT2D eigenvalue weighted by Gasteiger charge is 2.23. The van der Waals surface area contributed by atoms with Crippen molar-refractivity contribution in [2.45, 2.75) is 32.9 Å². The van der Waals surface area contributed by atoms with E-state index in [0.29, 0.717) is 12.5 Å². The van der Waals surface area contributed by atoms with Gasteiger partial charge < -0.3 is 5.73 Å². The number of nitrogens with zero attached hydrogens (tertiary/aromatic N) is 1. The lowest BCUT2D eigenvalue weighted by Crippen LogP contribution is -2.43. The van der Waals surface area contributed by atoms with Crippen LogP contribution in [0.4, 0.5) is 4.39 Å². The Hall–Kier alpha value is -0.930. The standard InChI is InChI=1S/C14H23FN2/c1-10(2)14(9-16)17(4)11(3)12-7-5-6-8-13(12)15/h5-8,10-11,14H,9,16H2,1-4H3. The Labute approximate surface area is 104 Å². The molecule has 1 aromatic rings. The summed E-state index contributed by atoms with van der Waals surface area (Å²) in [7, 11) is 2.01. The fourth-order valence-electron chi connectivity index (χ4n) is 2.23. The van der Waals surface area contributed by atoms with Gasteiger partial charge >= 0.3 is 0 Å². The van der Waals surface area contributed by atoms with Gasteiger partial charge in [-0.25, -0.2) is 4.39 Å². The Balaban J connectivity index is 2.89. The van der Waals surface area contributed by atoms with Crippen LogP contribution in [-0.4, -0.2) is 24.5 Å². The van der Waals surface area contributed by atoms with Crippen LogP contribution in [0.1, 0.15) is 32.4 Å². The molecule has 0 aromatic heterocycles. The maximum atomic E-state index is 13.7. The highest BCUT2D eigenvalue weighted by molar-refractivity contribution is 5.20. The molecule has 2 N–H and O–H groups in total. The van der Waals surface area contributed by atoms with Crippen molar-refractivity contribution >= 4 is 0 Å². The molecule has 0 saturated heterocycles. The molecule has 2 unspecified atom stereocenters. The van der Waals surface area contributed by atoms with Crippen LogP contribution in [0.5, 0.6) is 0 Å². The third-order valence-corrected chi connectivity index (χ3v) is 3.50. The molecule has 0 aliphatic heterocycles. The summed E-state index contributed by atoms with van der Waals surface area (Å²) in [5.74, 6) is 0.311. The van der Waals surface area contributed by atoms with Crippen molar-refractivity contribution in [1.29, 1.82) is 0 Å². The minimum absolute atomic E-state index is 0.0344.